The molecule has 40 heavy (non-hydrogen) atoms. The molecule has 3 amide bonds. The number of carbonyl (C=O) groups excluding carboxylic acids is 3. The number of fused-ring (bicyclic) bond motifs is 1. The van der Waals surface area contributed by atoms with E-state index in [0.717, 1.165) is 5.69 Å². The minimum Gasteiger partial charge on any atom is -0.451 e. The molecule has 0 spiro atoms. The number of nitrogens with zero attached hydrogens (tertiary/aromatic N) is 3. The number of anilines is 1. The van der Waals surface area contributed by atoms with Gasteiger partial charge in [0.2, 0.25) is 11.8 Å². The van der Waals surface area contributed by atoms with E-state index in [2.05, 4.69) is 32.7 Å². The summed E-state index contributed by atoms with van der Waals surface area (Å²) in [5.41, 5.74) is 2.25. The van der Waals surface area contributed by atoms with Crippen LogP contribution in [0.15, 0.2) is 83.4 Å². The molecule has 0 aliphatic carbocycles. The number of para-hydroxylation sites is 1. The molecule has 1 saturated heterocycles. The van der Waals surface area contributed by atoms with Crippen molar-refractivity contribution < 1.29 is 18.8 Å². The molecule has 4 aromatic rings. The van der Waals surface area contributed by atoms with E-state index in [1.165, 1.54) is 0 Å². The van der Waals surface area contributed by atoms with Crippen LogP contribution in [0.4, 0.5) is 5.69 Å². The third-order valence-electron chi connectivity index (χ3n) is 6.95. The summed E-state index contributed by atoms with van der Waals surface area (Å²) >= 11 is 6.05. The second-order valence-corrected chi connectivity index (χ2v) is 10.2. The second-order valence-electron chi connectivity index (χ2n) is 9.78. The maximum absolute atomic E-state index is 13.3. The zero-order chi connectivity index (χ0) is 28.1. The number of nitrogens with one attached hydrogen (secondary N) is 2. The Morgan fingerprint density at radius 3 is 2.60 bits per heavy atom. The zero-order valence-electron chi connectivity index (χ0n) is 22.0. The van der Waals surface area contributed by atoms with Crippen LogP contribution in [-0.4, -0.2) is 65.9 Å². The molecule has 2 atom stereocenters. The average Bonchev–Trinajstić information content (AvgIpc) is 3.40. The molecule has 2 N–H and O–H groups in total. The fourth-order valence-electron chi connectivity index (χ4n) is 4.88. The summed E-state index contributed by atoms with van der Waals surface area (Å²) in [6.07, 6.45) is 1.76. The largest absolute Gasteiger partial charge is 0.451 e. The first kappa shape index (κ1) is 27.2. The molecule has 1 aliphatic rings. The van der Waals surface area contributed by atoms with Gasteiger partial charge in [-0.3, -0.25) is 19.4 Å². The fraction of sp³-hybridized carbons (Fsp3) is 0.267. The molecule has 0 radical (unpaired) electrons. The Bertz CT molecular complexity index is 1490. The highest BCUT2D eigenvalue weighted by Gasteiger charge is 2.29. The van der Waals surface area contributed by atoms with Crippen LogP contribution in [0.2, 0.25) is 5.02 Å². The number of piperazine rings is 1. The molecule has 0 bridgehead atoms. The van der Waals surface area contributed by atoms with E-state index in [-0.39, 0.29) is 30.7 Å². The van der Waals surface area contributed by atoms with E-state index in [1.807, 2.05) is 31.2 Å². The number of aromatic nitrogens is 1. The highest BCUT2D eigenvalue weighted by Crippen LogP contribution is 2.23. The second kappa shape index (κ2) is 12.2. The zero-order valence-corrected chi connectivity index (χ0v) is 22.8. The van der Waals surface area contributed by atoms with Crippen molar-refractivity contribution in [2.45, 2.75) is 25.4 Å². The van der Waals surface area contributed by atoms with E-state index in [0.29, 0.717) is 41.3 Å². The summed E-state index contributed by atoms with van der Waals surface area (Å²) in [5.74, 6) is -1.16. The molecule has 1 fully saturated rings. The molecule has 206 valence electrons. The SMILES string of the molecule is C[C@H]1CN(c2ccccc2)CCN1C(=O)CNC(=O)[C@H](Cc1ccccn1)NC(=O)c1cc2cc(Cl)ccc2o1. The van der Waals surface area contributed by atoms with Crippen molar-refractivity contribution in [2.24, 2.45) is 0 Å². The van der Waals surface area contributed by atoms with Gasteiger partial charge in [-0.15, -0.1) is 0 Å². The van der Waals surface area contributed by atoms with Gasteiger partial charge in [-0.05, 0) is 55.5 Å². The third kappa shape index (κ3) is 6.43. The van der Waals surface area contributed by atoms with Crippen molar-refractivity contribution in [2.75, 3.05) is 31.1 Å². The summed E-state index contributed by atoms with van der Waals surface area (Å²) in [5, 5.41) is 6.66. The average molecular weight is 560 g/mol. The van der Waals surface area contributed by atoms with E-state index < -0.39 is 17.9 Å². The van der Waals surface area contributed by atoms with Crippen LogP contribution in [0.1, 0.15) is 23.2 Å². The highest BCUT2D eigenvalue weighted by molar-refractivity contribution is 6.31. The molecule has 3 heterocycles. The van der Waals surface area contributed by atoms with Gasteiger partial charge in [0.05, 0.1) is 6.54 Å². The summed E-state index contributed by atoms with van der Waals surface area (Å²) in [7, 11) is 0. The number of carbonyl (C=O) groups is 3. The summed E-state index contributed by atoms with van der Waals surface area (Å²) in [4.78, 5) is 47.7. The number of pyridine rings is 1. The van der Waals surface area contributed by atoms with E-state index >= 15 is 0 Å². The molecular formula is C30H30ClN5O4. The monoisotopic (exact) mass is 559 g/mol. The van der Waals surface area contributed by atoms with Gasteiger partial charge in [-0.1, -0.05) is 35.9 Å². The molecule has 1 aliphatic heterocycles. The van der Waals surface area contributed by atoms with Crippen LogP contribution in [-0.2, 0) is 16.0 Å². The summed E-state index contributed by atoms with van der Waals surface area (Å²) in [6.45, 7) is 3.78. The van der Waals surface area contributed by atoms with Gasteiger partial charge >= 0.3 is 0 Å². The number of rotatable bonds is 8. The van der Waals surface area contributed by atoms with Crippen LogP contribution in [0.25, 0.3) is 11.0 Å². The number of hydrogen-bond acceptors (Lipinski definition) is 6. The predicted octanol–water partition coefficient (Wildman–Crippen LogP) is 3.68. The normalized spacial score (nSPS) is 16.0. The predicted molar refractivity (Wildman–Crippen MR) is 153 cm³/mol. The first-order valence-corrected chi connectivity index (χ1v) is 13.5. The maximum Gasteiger partial charge on any atom is 0.287 e. The Kier molecular flexibility index (Phi) is 8.31. The quantitative estimate of drug-likeness (QED) is 0.341. The lowest BCUT2D eigenvalue weighted by atomic mass is 10.1. The van der Waals surface area contributed by atoms with Crippen molar-refractivity contribution in [3.8, 4) is 0 Å². The first-order valence-electron chi connectivity index (χ1n) is 13.1. The van der Waals surface area contributed by atoms with Gasteiger partial charge < -0.3 is 24.9 Å². The molecule has 10 heteroatoms. The van der Waals surface area contributed by atoms with Gasteiger partial charge in [0.1, 0.15) is 11.6 Å². The first-order chi connectivity index (χ1) is 19.4. The van der Waals surface area contributed by atoms with E-state index in [4.69, 9.17) is 16.0 Å². The van der Waals surface area contributed by atoms with Gasteiger partial charge in [0.15, 0.2) is 5.76 Å². The standard InChI is InChI=1S/C30H30ClN5O4/c1-20-19-35(24-8-3-2-4-9-24)13-14-36(20)28(37)18-33-29(38)25(17-23-7-5-6-12-32-23)34-30(39)27-16-21-15-22(31)10-11-26(21)40-27/h2-12,15-16,20,25H,13-14,17-19H2,1H3,(H,33,38)(H,34,39)/t20-,25-/m0/s1. The summed E-state index contributed by atoms with van der Waals surface area (Å²) < 4.78 is 5.66. The van der Waals surface area contributed by atoms with Crippen LogP contribution in [0.5, 0.6) is 0 Å². The topological polar surface area (TPSA) is 108 Å². The van der Waals surface area contributed by atoms with Crippen LogP contribution >= 0.6 is 11.6 Å². The minimum atomic E-state index is -0.973. The fourth-order valence-corrected chi connectivity index (χ4v) is 5.06. The number of halogens is 1. The third-order valence-corrected chi connectivity index (χ3v) is 7.18. The van der Waals surface area contributed by atoms with Crippen LogP contribution in [0.3, 0.4) is 0 Å². The van der Waals surface area contributed by atoms with Crippen molar-refractivity contribution in [1.29, 1.82) is 0 Å². The molecular weight excluding hydrogens is 530 g/mol. The number of hydrogen-bond donors (Lipinski definition) is 2. The smallest absolute Gasteiger partial charge is 0.287 e. The van der Waals surface area contributed by atoms with Gasteiger partial charge in [-0.2, -0.15) is 0 Å². The maximum atomic E-state index is 13.3. The Morgan fingerprint density at radius 2 is 1.85 bits per heavy atom. The molecule has 2 aromatic heterocycles. The highest BCUT2D eigenvalue weighted by atomic mass is 35.5. The Morgan fingerprint density at radius 1 is 1.05 bits per heavy atom. The van der Waals surface area contributed by atoms with Gasteiger partial charge in [0.25, 0.3) is 5.91 Å². The lowest BCUT2D eigenvalue weighted by molar-refractivity contribution is -0.135. The van der Waals surface area contributed by atoms with Crippen molar-refractivity contribution in [3.63, 3.8) is 0 Å². The number of amides is 3. The van der Waals surface area contributed by atoms with Crippen LogP contribution in [0, 0.1) is 0 Å². The molecule has 0 saturated carbocycles. The number of benzene rings is 2. The van der Waals surface area contributed by atoms with E-state index in [1.54, 1.807) is 47.5 Å². The number of furan rings is 1. The lowest BCUT2D eigenvalue weighted by Crippen LogP contribution is -2.57. The molecule has 9 nitrogen and oxygen atoms in total. The Balaban J connectivity index is 1.22. The molecule has 0 unspecified atom stereocenters. The van der Waals surface area contributed by atoms with Gasteiger partial charge in [-0.25, -0.2) is 0 Å². The van der Waals surface area contributed by atoms with Crippen molar-refractivity contribution >= 4 is 46.0 Å². The minimum absolute atomic E-state index is 0.0241. The molecule has 5 rings (SSSR count). The van der Waals surface area contributed by atoms with Gasteiger partial charge in [0, 0.05) is 60.1 Å². The summed E-state index contributed by atoms with van der Waals surface area (Å²) in [6, 6.07) is 21.1. The van der Waals surface area contributed by atoms with Crippen molar-refractivity contribution in [3.05, 3.63) is 95.5 Å². The van der Waals surface area contributed by atoms with Crippen LogP contribution < -0.4 is 15.5 Å². The molecule has 2 aromatic carbocycles. The van der Waals surface area contributed by atoms with E-state index in [9.17, 15) is 14.4 Å². The Labute approximate surface area is 237 Å². The lowest BCUT2D eigenvalue weighted by Gasteiger charge is -2.41. The Hall–Kier alpha value is -4.37. The van der Waals surface area contributed by atoms with Crippen molar-refractivity contribution in [1.82, 2.24) is 20.5 Å².